The molecule has 0 radical (unpaired) electrons. The van der Waals surface area contributed by atoms with E-state index in [2.05, 4.69) is 4.74 Å². The van der Waals surface area contributed by atoms with Gasteiger partial charge in [-0.15, -0.1) is 0 Å². The van der Waals surface area contributed by atoms with Crippen molar-refractivity contribution in [2.24, 2.45) is 0 Å². The number of likely N-dealkylation sites (N-methyl/N-ethyl adjacent to an activating group) is 1. The molecule has 2 aromatic carbocycles. The number of sulfonamides is 1. The molecule has 0 saturated carbocycles. The lowest BCUT2D eigenvalue weighted by Crippen LogP contribution is -2.39. The Balaban J connectivity index is 2.51. The molecule has 7 heteroatoms. The van der Waals surface area contributed by atoms with Crippen molar-refractivity contribution in [1.82, 2.24) is 4.31 Å². The number of esters is 1. The number of hydrogen-bond donors (Lipinski definition) is 0. The Morgan fingerprint density at radius 3 is 2.08 bits per heavy atom. The average Bonchev–Trinajstić information content (AvgIpc) is 2.62. The van der Waals surface area contributed by atoms with Crippen LogP contribution in [-0.2, 0) is 24.3 Å². The van der Waals surface area contributed by atoms with Crippen LogP contribution in [0.3, 0.4) is 0 Å². The number of ketones is 1. The molecule has 2 aromatic rings. The lowest BCUT2D eigenvalue weighted by molar-refractivity contribution is -0.153. The van der Waals surface area contributed by atoms with E-state index in [9.17, 15) is 18.0 Å². The molecule has 132 valence electrons. The Hall–Kier alpha value is -2.51. The maximum Gasteiger partial charge on any atom is 0.376 e. The zero-order valence-corrected chi connectivity index (χ0v) is 15.0. The molecule has 0 aliphatic carbocycles. The molecule has 1 atom stereocenters. The first-order valence-corrected chi connectivity index (χ1v) is 8.95. The van der Waals surface area contributed by atoms with E-state index in [1.54, 1.807) is 42.5 Å². The predicted octanol–water partition coefficient (Wildman–Crippen LogP) is 2.10. The van der Waals surface area contributed by atoms with E-state index < -0.39 is 27.8 Å². The Morgan fingerprint density at radius 2 is 1.56 bits per heavy atom. The number of methoxy groups -OCH3 is 1. The molecule has 0 spiro atoms. The van der Waals surface area contributed by atoms with E-state index in [4.69, 9.17) is 0 Å². The maximum absolute atomic E-state index is 12.9. The van der Waals surface area contributed by atoms with Crippen molar-refractivity contribution in [3.05, 3.63) is 65.7 Å². The van der Waals surface area contributed by atoms with Gasteiger partial charge in [-0.05, 0) is 24.6 Å². The summed E-state index contributed by atoms with van der Waals surface area (Å²) < 4.78 is 31.2. The van der Waals surface area contributed by atoms with Gasteiger partial charge in [0.25, 0.3) is 5.78 Å². The summed E-state index contributed by atoms with van der Waals surface area (Å²) >= 11 is 0. The number of Topliss-reactive ketones (excluding diaryl/α,β-unsaturated/α-hetero) is 1. The Labute approximate surface area is 147 Å². The molecule has 2 rings (SSSR count). The normalized spacial score (nSPS) is 12.6. The Bertz CT molecular complexity index is 860. The van der Waals surface area contributed by atoms with Crippen LogP contribution in [0.4, 0.5) is 0 Å². The fourth-order valence-electron chi connectivity index (χ4n) is 2.39. The van der Waals surface area contributed by atoms with E-state index in [-0.39, 0.29) is 4.90 Å². The predicted molar refractivity (Wildman–Crippen MR) is 92.3 cm³/mol. The van der Waals surface area contributed by atoms with Crippen LogP contribution in [0.5, 0.6) is 0 Å². The zero-order valence-electron chi connectivity index (χ0n) is 14.2. The van der Waals surface area contributed by atoms with Crippen LogP contribution in [0.1, 0.15) is 17.2 Å². The van der Waals surface area contributed by atoms with Crippen molar-refractivity contribution >= 4 is 21.8 Å². The molecule has 0 amide bonds. The number of rotatable bonds is 6. The highest BCUT2D eigenvalue weighted by atomic mass is 32.2. The fraction of sp³-hybridized carbons (Fsp3) is 0.222. The summed E-state index contributed by atoms with van der Waals surface area (Å²) in [6.45, 7) is 1.84. The molecule has 0 bridgehead atoms. The van der Waals surface area contributed by atoms with Gasteiger partial charge < -0.3 is 4.74 Å². The molecule has 0 aliphatic heterocycles. The van der Waals surface area contributed by atoms with Gasteiger partial charge in [-0.3, -0.25) is 4.79 Å². The second-order valence-electron chi connectivity index (χ2n) is 5.50. The van der Waals surface area contributed by atoms with E-state index in [1.165, 1.54) is 19.2 Å². The molecule has 0 N–H and O–H groups in total. The van der Waals surface area contributed by atoms with Crippen LogP contribution in [0, 0.1) is 6.92 Å². The number of carbonyl (C=O) groups is 2. The highest BCUT2D eigenvalue weighted by molar-refractivity contribution is 7.89. The minimum atomic E-state index is -3.99. The number of hydrogen-bond acceptors (Lipinski definition) is 5. The monoisotopic (exact) mass is 361 g/mol. The largest absolute Gasteiger partial charge is 0.463 e. The quantitative estimate of drug-likeness (QED) is 0.581. The summed E-state index contributed by atoms with van der Waals surface area (Å²) in [5.41, 5.74) is 1.29. The van der Waals surface area contributed by atoms with Gasteiger partial charge in [0.1, 0.15) is 6.04 Å². The topological polar surface area (TPSA) is 80.8 Å². The van der Waals surface area contributed by atoms with Gasteiger partial charge in [-0.2, -0.15) is 4.31 Å². The SMILES string of the molecule is COC(=O)C(=O)C(c1ccccc1)N(C)S(=O)(=O)c1ccc(C)cc1. The molecule has 0 aliphatic rings. The third-order valence-electron chi connectivity index (χ3n) is 3.81. The van der Waals surface area contributed by atoms with Crippen molar-refractivity contribution in [2.75, 3.05) is 14.2 Å². The first-order valence-electron chi connectivity index (χ1n) is 7.51. The lowest BCUT2D eigenvalue weighted by Gasteiger charge is -2.26. The Kier molecular flexibility index (Phi) is 5.71. The standard InChI is InChI=1S/C18H19NO5S/c1-13-9-11-15(12-10-13)25(22,23)19(2)16(17(20)18(21)24-3)14-7-5-4-6-8-14/h4-12,16H,1-3H3. The molecule has 0 saturated heterocycles. The van der Waals surface area contributed by atoms with Gasteiger partial charge >= 0.3 is 5.97 Å². The molecule has 6 nitrogen and oxygen atoms in total. The van der Waals surface area contributed by atoms with E-state index in [0.717, 1.165) is 17.0 Å². The molecule has 0 heterocycles. The molecule has 0 fully saturated rings. The second-order valence-corrected chi connectivity index (χ2v) is 7.50. The number of nitrogens with zero attached hydrogens (tertiary/aromatic N) is 1. The van der Waals surface area contributed by atoms with E-state index in [1.807, 2.05) is 6.92 Å². The van der Waals surface area contributed by atoms with Gasteiger partial charge in [0.05, 0.1) is 12.0 Å². The van der Waals surface area contributed by atoms with Crippen LogP contribution >= 0.6 is 0 Å². The van der Waals surface area contributed by atoms with E-state index >= 15 is 0 Å². The first kappa shape index (κ1) is 18.8. The summed E-state index contributed by atoms with van der Waals surface area (Å²) in [6, 6.07) is 13.2. The molecule has 0 aromatic heterocycles. The minimum Gasteiger partial charge on any atom is -0.463 e. The zero-order chi connectivity index (χ0) is 18.6. The fourth-order valence-corrected chi connectivity index (χ4v) is 3.70. The van der Waals surface area contributed by atoms with Crippen molar-refractivity contribution in [2.45, 2.75) is 17.9 Å². The smallest absolute Gasteiger partial charge is 0.376 e. The summed E-state index contributed by atoms with van der Waals surface area (Å²) in [6.07, 6.45) is 0. The number of ether oxygens (including phenoxy) is 1. The molecule has 1 unspecified atom stereocenters. The number of benzene rings is 2. The van der Waals surface area contributed by atoms with Crippen molar-refractivity contribution in [1.29, 1.82) is 0 Å². The number of aryl methyl sites for hydroxylation is 1. The van der Waals surface area contributed by atoms with Gasteiger partial charge in [0, 0.05) is 7.05 Å². The van der Waals surface area contributed by atoms with Crippen LogP contribution in [0.15, 0.2) is 59.5 Å². The van der Waals surface area contributed by atoms with Gasteiger partial charge in [-0.25, -0.2) is 13.2 Å². The maximum atomic E-state index is 12.9. The van der Waals surface area contributed by atoms with E-state index in [0.29, 0.717) is 5.56 Å². The molecule has 25 heavy (non-hydrogen) atoms. The summed E-state index contributed by atoms with van der Waals surface area (Å²) in [5.74, 6) is -2.05. The molecular weight excluding hydrogens is 342 g/mol. The van der Waals surface area contributed by atoms with Crippen LogP contribution in [0.2, 0.25) is 0 Å². The lowest BCUT2D eigenvalue weighted by atomic mass is 10.0. The van der Waals surface area contributed by atoms with Crippen molar-refractivity contribution < 1.29 is 22.7 Å². The first-order chi connectivity index (χ1) is 11.8. The summed E-state index contributed by atoms with van der Waals surface area (Å²) in [4.78, 5) is 24.3. The number of carbonyl (C=O) groups excluding carboxylic acids is 2. The summed E-state index contributed by atoms with van der Waals surface area (Å²) in [7, 11) is -1.63. The van der Waals surface area contributed by atoms with Crippen LogP contribution < -0.4 is 0 Å². The van der Waals surface area contributed by atoms with Crippen LogP contribution in [-0.4, -0.2) is 38.6 Å². The third-order valence-corrected chi connectivity index (χ3v) is 5.65. The molecular formula is C18H19NO5S. The second kappa shape index (κ2) is 7.58. The van der Waals surface area contributed by atoms with Gasteiger partial charge in [0.2, 0.25) is 10.0 Å². The summed E-state index contributed by atoms with van der Waals surface area (Å²) in [5, 5.41) is 0. The highest BCUT2D eigenvalue weighted by Crippen LogP contribution is 2.27. The average molecular weight is 361 g/mol. The van der Waals surface area contributed by atoms with Crippen molar-refractivity contribution in [3.8, 4) is 0 Å². The Morgan fingerprint density at radius 1 is 1.00 bits per heavy atom. The van der Waals surface area contributed by atoms with Gasteiger partial charge in [0.15, 0.2) is 0 Å². The van der Waals surface area contributed by atoms with Crippen molar-refractivity contribution in [3.63, 3.8) is 0 Å². The third kappa shape index (κ3) is 3.94. The highest BCUT2D eigenvalue weighted by Gasteiger charge is 2.37. The minimum absolute atomic E-state index is 0.0409. The van der Waals surface area contributed by atoms with Gasteiger partial charge in [-0.1, -0.05) is 48.0 Å². The van der Waals surface area contributed by atoms with Crippen LogP contribution in [0.25, 0.3) is 0 Å².